The van der Waals surface area contributed by atoms with Crippen LogP contribution in [-0.4, -0.2) is 59.4 Å². The SMILES string of the molecule is Cc1cc(C)c(C(=O)N2CCN(C(=O)C3=NNC(=O)CC3)CC2)cc1C. The molecular weight excluding hydrogens is 332 g/mol. The largest absolute Gasteiger partial charge is 0.335 e. The normalized spacial score (nSPS) is 17.7. The molecule has 2 aliphatic heterocycles. The van der Waals surface area contributed by atoms with E-state index < -0.39 is 0 Å². The lowest BCUT2D eigenvalue weighted by molar-refractivity contribution is -0.126. The molecule has 0 radical (unpaired) electrons. The molecule has 1 saturated heterocycles. The first-order valence-electron chi connectivity index (χ1n) is 8.88. The van der Waals surface area contributed by atoms with E-state index in [9.17, 15) is 14.4 Å². The predicted molar refractivity (Wildman–Crippen MR) is 97.9 cm³/mol. The highest BCUT2D eigenvalue weighted by atomic mass is 16.2. The van der Waals surface area contributed by atoms with Crippen molar-refractivity contribution in [1.82, 2.24) is 15.2 Å². The van der Waals surface area contributed by atoms with E-state index >= 15 is 0 Å². The third kappa shape index (κ3) is 3.61. The molecule has 0 aromatic heterocycles. The first-order chi connectivity index (χ1) is 12.4. The van der Waals surface area contributed by atoms with Crippen LogP contribution in [0.1, 0.15) is 39.9 Å². The van der Waals surface area contributed by atoms with Crippen molar-refractivity contribution in [2.24, 2.45) is 5.10 Å². The Bertz CT molecular complexity index is 792. The Morgan fingerprint density at radius 3 is 2.04 bits per heavy atom. The molecule has 1 aromatic carbocycles. The highest BCUT2D eigenvalue weighted by Crippen LogP contribution is 2.18. The van der Waals surface area contributed by atoms with Crippen LogP contribution >= 0.6 is 0 Å². The number of hydrogen-bond acceptors (Lipinski definition) is 4. The maximum Gasteiger partial charge on any atom is 0.270 e. The number of benzene rings is 1. The first-order valence-corrected chi connectivity index (χ1v) is 8.88. The van der Waals surface area contributed by atoms with E-state index in [1.807, 2.05) is 32.9 Å². The average Bonchev–Trinajstić information content (AvgIpc) is 2.64. The Hall–Kier alpha value is -2.70. The molecule has 0 aliphatic carbocycles. The minimum atomic E-state index is -0.166. The summed E-state index contributed by atoms with van der Waals surface area (Å²) in [5, 5.41) is 3.86. The molecule has 0 spiro atoms. The molecule has 1 fully saturated rings. The number of nitrogens with zero attached hydrogens (tertiary/aromatic N) is 3. The number of carbonyl (C=O) groups is 3. The Morgan fingerprint density at radius 1 is 0.885 bits per heavy atom. The van der Waals surface area contributed by atoms with Crippen molar-refractivity contribution < 1.29 is 14.4 Å². The molecule has 26 heavy (non-hydrogen) atoms. The van der Waals surface area contributed by atoms with Gasteiger partial charge < -0.3 is 9.80 Å². The van der Waals surface area contributed by atoms with E-state index in [1.54, 1.807) is 9.80 Å². The highest BCUT2D eigenvalue weighted by Gasteiger charge is 2.29. The zero-order chi connectivity index (χ0) is 18.8. The molecule has 0 atom stereocenters. The summed E-state index contributed by atoms with van der Waals surface area (Å²) in [7, 11) is 0. The fourth-order valence-electron chi connectivity index (χ4n) is 3.28. The van der Waals surface area contributed by atoms with Crippen molar-refractivity contribution in [3.05, 3.63) is 34.4 Å². The van der Waals surface area contributed by atoms with Gasteiger partial charge in [-0.3, -0.25) is 14.4 Å². The number of hydrogen-bond donors (Lipinski definition) is 1. The third-order valence-corrected chi connectivity index (χ3v) is 5.08. The molecule has 2 aliphatic rings. The maximum atomic E-state index is 12.8. The average molecular weight is 356 g/mol. The van der Waals surface area contributed by atoms with Crippen molar-refractivity contribution in [2.45, 2.75) is 33.6 Å². The van der Waals surface area contributed by atoms with Gasteiger partial charge in [0.2, 0.25) is 5.91 Å². The van der Waals surface area contributed by atoms with E-state index in [4.69, 9.17) is 0 Å². The van der Waals surface area contributed by atoms with Crippen LogP contribution in [0.4, 0.5) is 0 Å². The summed E-state index contributed by atoms with van der Waals surface area (Å²) in [4.78, 5) is 40.0. The van der Waals surface area contributed by atoms with E-state index in [1.165, 1.54) is 5.56 Å². The van der Waals surface area contributed by atoms with Gasteiger partial charge in [-0.05, 0) is 43.5 Å². The fourth-order valence-corrected chi connectivity index (χ4v) is 3.28. The van der Waals surface area contributed by atoms with E-state index in [2.05, 4.69) is 10.5 Å². The Balaban J connectivity index is 1.63. The van der Waals surface area contributed by atoms with Crippen LogP contribution in [0.25, 0.3) is 0 Å². The zero-order valence-electron chi connectivity index (χ0n) is 15.5. The second-order valence-electron chi connectivity index (χ2n) is 6.93. The number of hydrazone groups is 1. The molecule has 7 heteroatoms. The molecule has 1 N–H and O–H groups in total. The predicted octanol–water partition coefficient (Wildman–Crippen LogP) is 1.16. The second kappa shape index (κ2) is 7.27. The number of rotatable bonds is 2. The van der Waals surface area contributed by atoms with Gasteiger partial charge in [0.25, 0.3) is 11.8 Å². The highest BCUT2D eigenvalue weighted by molar-refractivity contribution is 6.39. The fraction of sp³-hybridized carbons (Fsp3) is 0.474. The minimum Gasteiger partial charge on any atom is -0.335 e. The van der Waals surface area contributed by atoms with Crippen LogP contribution in [0.15, 0.2) is 17.2 Å². The molecule has 3 rings (SSSR count). The molecule has 0 saturated carbocycles. The lowest BCUT2D eigenvalue weighted by Gasteiger charge is -2.35. The third-order valence-electron chi connectivity index (χ3n) is 5.08. The molecule has 138 valence electrons. The standard InChI is InChI=1S/C19H24N4O3/c1-12-10-14(3)15(11-13(12)2)18(25)22-6-8-23(9-7-22)19(26)16-4-5-17(24)21-20-16/h10-11H,4-9H2,1-3H3,(H,21,24). The molecule has 2 heterocycles. The van der Waals surface area contributed by atoms with Crippen molar-refractivity contribution in [3.63, 3.8) is 0 Å². The summed E-state index contributed by atoms with van der Waals surface area (Å²) in [6, 6.07) is 3.99. The monoisotopic (exact) mass is 356 g/mol. The van der Waals surface area contributed by atoms with Crippen LogP contribution in [0.3, 0.4) is 0 Å². The van der Waals surface area contributed by atoms with Gasteiger partial charge in [-0.15, -0.1) is 0 Å². The van der Waals surface area contributed by atoms with Crippen molar-refractivity contribution in [2.75, 3.05) is 26.2 Å². The van der Waals surface area contributed by atoms with Gasteiger partial charge in [-0.2, -0.15) is 5.10 Å². The summed E-state index contributed by atoms with van der Waals surface area (Å²) in [6.45, 7) is 7.94. The number of carbonyl (C=O) groups excluding carboxylic acids is 3. The van der Waals surface area contributed by atoms with Crippen LogP contribution < -0.4 is 5.43 Å². The molecular formula is C19H24N4O3. The van der Waals surface area contributed by atoms with Crippen LogP contribution in [0.2, 0.25) is 0 Å². The number of nitrogens with one attached hydrogen (secondary N) is 1. The molecule has 3 amide bonds. The number of amides is 3. The van der Waals surface area contributed by atoms with Crippen LogP contribution in [0.5, 0.6) is 0 Å². The molecule has 1 aromatic rings. The summed E-state index contributed by atoms with van der Waals surface area (Å²) in [6.07, 6.45) is 0.653. The molecule has 0 bridgehead atoms. The van der Waals surface area contributed by atoms with Crippen molar-refractivity contribution in [3.8, 4) is 0 Å². The van der Waals surface area contributed by atoms with Gasteiger partial charge in [0, 0.05) is 44.6 Å². The Morgan fingerprint density at radius 2 is 1.46 bits per heavy atom. The van der Waals surface area contributed by atoms with Gasteiger partial charge in [0.05, 0.1) is 0 Å². The van der Waals surface area contributed by atoms with Gasteiger partial charge >= 0.3 is 0 Å². The summed E-state index contributed by atoms with van der Waals surface area (Å²) < 4.78 is 0. The van der Waals surface area contributed by atoms with Crippen molar-refractivity contribution in [1.29, 1.82) is 0 Å². The van der Waals surface area contributed by atoms with E-state index in [-0.39, 0.29) is 24.1 Å². The van der Waals surface area contributed by atoms with Crippen molar-refractivity contribution >= 4 is 23.4 Å². The number of piperazine rings is 1. The van der Waals surface area contributed by atoms with Gasteiger partial charge in [-0.1, -0.05) is 6.07 Å². The van der Waals surface area contributed by atoms with Gasteiger partial charge in [0.1, 0.15) is 5.71 Å². The molecule has 0 unspecified atom stereocenters. The van der Waals surface area contributed by atoms with E-state index in [0.29, 0.717) is 38.3 Å². The Labute approximate surface area is 153 Å². The lowest BCUT2D eigenvalue weighted by atomic mass is 10.00. The summed E-state index contributed by atoms with van der Waals surface area (Å²) >= 11 is 0. The summed E-state index contributed by atoms with van der Waals surface area (Å²) in [5.74, 6) is -0.305. The second-order valence-corrected chi connectivity index (χ2v) is 6.93. The quantitative estimate of drug-likeness (QED) is 0.863. The maximum absolute atomic E-state index is 12.8. The van der Waals surface area contributed by atoms with Crippen LogP contribution in [0, 0.1) is 20.8 Å². The molecule has 7 nitrogen and oxygen atoms in total. The smallest absolute Gasteiger partial charge is 0.270 e. The first kappa shape index (κ1) is 18.1. The summed E-state index contributed by atoms with van der Waals surface area (Å²) in [5.41, 5.74) is 6.72. The van der Waals surface area contributed by atoms with Gasteiger partial charge in [0.15, 0.2) is 0 Å². The zero-order valence-corrected chi connectivity index (χ0v) is 15.5. The topological polar surface area (TPSA) is 82.1 Å². The van der Waals surface area contributed by atoms with E-state index in [0.717, 1.165) is 16.7 Å². The minimum absolute atomic E-state index is 0.0139. The Kier molecular flexibility index (Phi) is 5.06. The lowest BCUT2D eigenvalue weighted by Crippen LogP contribution is -2.52. The van der Waals surface area contributed by atoms with Crippen LogP contribution in [-0.2, 0) is 9.59 Å². The number of aryl methyl sites for hydroxylation is 3. The van der Waals surface area contributed by atoms with Gasteiger partial charge in [-0.25, -0.2) is 5.43 Å².